The Bertz CT molecular complexity index is 414. The summed E-state index contributed by atoms with van der Waals surface area (Å²) < 4.78 is 0. The highest BCUT2D eigenvalue weighted by Gasteiger charge is 2.19. The highest BCUT2D eigenvalue weighted by Crippen LogP contribution is 2.23. The van der Waals surface area contributed by atoms with Crippen LogP contribution in [0.2, 0.25) is 0 Å². The highest BCUT2D eigenvalue weighted by atomic mass is 16.6. The molecule has 0 unspecified atom stereocenters. The number of hydrogen-bond donors (Lipinski definition) is 0. The van der Waals surface area contributed by atoms with Crippen LogP contribution in [0.1, 0.15) is 19.3 Å². The highest BCUT2D eigenvalue weighted by molar-refractivity contribution is 5.94. The van der Waals surface area contributed by atoms with Crippen LogP contribution in [0.3, 0.4) is 0 Å². The number of nitrogens with zero attached hydrogens (tertiary/aromatic N) is 2. The van der Waals surface area contributed by atoms with Crippen molar-refractivity contribution < 1.29 is 9.72 Å². The zero-order chi connectivity index (χ0) is 11.5. The molecule has 1 aliphatic heterocycles. The van der Waals surface area contributed by atoms with Crippen molar-refractivity contribution in [2.45, 2.75) is 19.3 Å². The molecule has 1 heterocycles. The fourth-order valence-corrected chi connectivity index (χ4v) is 1.83. The van der Waals surface area contributed by atoms with Crippen LogP contribution in [0.15, 0.2) is 24.3 Å². The number of piperidine rings is 1. The molecule has 0 radical (unpaired) electrons. The third-order valence-electron chi connectivity index (χ3n) is 2.70. The summed E-state index contributed by atoms with van der Waals surface area (Å²) in [7, 11) is 0. The normalized spacial score (nSPS) is 16.2. The topological polar surface area (TPSA) is 63.5 Å². The average molecular weight is 222 g/mol. The molecule has 5 heteroatoms. The Hall–Kier alpha value is -1.91. The van der Waals surface area contributed by atoms with Crippen molar-refractivity contribution in [3.05, 3.63) is 34.4 Å². The van der Waals surface area contributed by atoms with Gasteiger partial charge >= 0.3 is 0 Å². The third kappa shape index (κ3) is 2.03. The van der Waals surface area contributed by atoms with Gasteiger partial charge in [-0.15, -0.1) is 0 Å². The summed E-state index contributed by atoms with van der Waals surface area (Å²) in [5.41, 5.74) is 0.795. The molecule has 0 saturated carbocycles. The summed E-state index contributed by atoms with van der Waals surface area (Å²) in [6, 6.07) is 6.11. The van der Waals surface area contributed by atoms with Crippen LogP contribution in [0, 0.1) is 10.1 Å². The molecule has 0 atom stereocenters. The summed E-state index contributed by atoms with van der Waals surface area (Å²) in [6.07, 6.45) is 2.49. The molecular weight excluding hydrogens is 210 g/mol. The first kappa shape index (κ1) is 10.6. The zero-order valence-corrected chi connectivity index (χ0v) is 8.76. The van der Waals surface area contributed by atoms with Crippen molar-refractivity contribution in [1.29, 1.82) is 0 Å². The monoisotopic (exact) mass is 222 g/mol. The number of benzene rings is 1. The van der Waals surface area contributed by atoms with E-state index in [2.05, 4.69) is 0 Å². The molecule has 0 N–H and O–H groups in total. The van der Waals surface area contributed by atoms with Crippen molar-refractivity contribution in [3.8, 4) is 0 Å². The summed E-state index contributed by atoms with van der Waals surface area (Å²) in [5, 5.41) is 10.5. The van der Waals surface area contributed by atoms with Gasteiger partial charge in [0.05, 0.1) is 4.92 Å². The van der Waals surface area contributed by atoms with Crippen LogP contribution in [0.4, 0.5) is 11.4 Å². The first-order chi connectivity index (χ1) is 7.68. The van der Waals surface area contributed by atoms with E-state index in [1.54, 1.807) is 17.0 Å². The van der Waals surface area contributed by atoms with Gasteiger partial charge in [0.2, 0.25) is 5.91 Å². The lowest BCUT2D eigenvalue weighted by Crippen LogP contribution is -2.35. The molecule has 1 aromatic carbocycles. The maximum Gasteiger partial charge on any atom is 0.269 e. The van der Waals surface area contributed by atoms with Crippen molar-refractivity contribution in [2.24, 2.45) is 0 Å². The SMILES string of the molecule is O=[14C]1CCCCN1c1ccc([N+](=O)[O-])cc1. The first-order valence-corrected chi connectivity index (χ1v) is 5.23. The molecule has 0 aromatic heterocycles. The van der Waals surface area contributed by atoms with E-state index in [1.165, 1.54) is 12.1 Å². The molecule has 1 amide bonds. The fraction of sp³-hybridized carbons (Fsp3) is 0.364. The standard InChI is InChI=1S/C11H12N2O3/c14-11-3-1-2-8-12(11)9-4-6-10(7-5-9)13(15)16/h4-7H,1-3,8H2/i11+2. The number of hydrogen-bond acceptors (Lipinski definition) is 3. The summed E-state index contributed by atoms with van der Waals surface area (Å²) in [6.45, 7) is 0.705. The summed E-state index contributed by atoms with van der Waals surface area (Å²) >= 11 is 0. The molecule has 1 fully saturated rings. The van der Waals surface area contributed by atoms with Gasteiger partial charge < -0.3 is 4.90 Å². The number of anilines is 1. The van der Waals surface area contributed by atoms with Crippen molar-refractivity contribution in [1.82, 2.24) is 0 Å². The van der Waals surface area contributed by atoms with E-state index >= 15 is 0 Å². The van der Waals surface area contributed by atoms with Crippen molar-refractivity contribution in [3.63, 3.8) is 0 Å². The Labute approximate surface area is 92.8 Å². The molecule has 2 rings (SSSR count). The van der Waals surface area contributed by atoms with E-state index in [0.29, 0.717) is 13.0 Å². The Morgan fingerprint density at radius 2 is 1.94 bits per heavy atom. The maximum atomic E-state index is 11.6. The zero-order valence-electron chi connectivity index (χ0n) is 8.76. The lowest BCUT2D eigenvalue weighted by molar-refractivity contribution is -0.384. The van der Waals surface area contributed by atoms with E-state index in [1.807, 2.05) is 0 Å². The predicted octanol–water partition coefficient (Wildman–Crippen LogP) is 2.11. The van der Waals surface area contributed by atoms with Gasteiger partial charge in [0.15, 0.2) is 0 Å². The second-order valence-electron chi connectivity index (χ2n) is 3.78. The Kier molecular flexibility index (Phi) is 2.85. The Balaban J connectivity index is 2.20. The van der Waals surface area contributed by atoms with Crippen LogP contribution >= 0.6 is 0 Å². The second kappa shape index (κ2) is 4.30. The quantitative estimate of drug-likeness (QED) is 0.568. The van der Waals surface area contributed by atoms with Crippen LogP contribution in [0.25, 0.3) is 0 Å². The minimum absolute atomic E-state index is 0.0493. The molecular formula is C11H12N2O3. The van der Waals surface area contributed by atoms with E-state index < -0.39 is 4.92 Å². The van der Waals surface area contributed by atoms with E-state index in [0.717, 1.165) is 18.5 Å². The molecule has 1 aromatic rings. The number of amides is 1. The van der Waals surface area contributed by atoms with Gasteiger partial charge in [-0.25, -0.2) is 0 Å². The summed E-state index contributed by atoms with van der Waals surface area (Å²) in [5.74, 6) is 0.0973. The van der Waals surface area contributed by atoms with Gasteiger partial charge in [-0.3, -0.25) is 14.9 Å². The van der Waals surface area contributed by atoms with E-state index in [9.17, 15) is 14.9 Å². The van der Waals surface area contributed by atoms with Gasteiger partial charge in [0.25, 0.3) is 5.69 Å². The number of rotatable bonds is 2. The molecule has 84 valence electrons. The molecule has 0 aliphatic carbocycles. The third-order valence-corrected chi connectivity index (χ3v) is 2.70. The van der Waals surface area contributed by atoms with Crippen LogP contribution < -0.4 is 4.90 Å². The predicted molar refractivity (Wildman–Crippen MR) is 59.3 cm³/mol. The lowest BCUT2D eigenvalue weighted by Gasteiger charge is -2.26. The van der Waals surface area contributed by atoms with Gasteiger partial charge in [0.1, 0.15) is 0 Å². The smallest absolute Gasteiger partial charge is 0.269 e. The Morgan fingerprint density at radius 1 is 1.25 bits per heavy atom. The average Bonchev–Trinajstić information content (AvgIpc) is 2.30. The maximum absolute atomic E-state index is 11.6. The number of nitro groups is 1. The van der Waals surface area contributed by atoms with Gasteiger partial charge in [-0.1, -0.05) is 0 Å². The molecule has 1 saturated heterocycles. The van der Waals surface area contributed by atoms with Gasteiger partial charge in [-0.2, -0.15) is 0 Å². The van der Waals surface area contributed by atoms with Gasteiger partial charge in [-0.05, 0) is 25.0 Å². The molecule has 5 nitrogen and oxygen atoms in total. The van der Waals surface area contributed by atoms with Crippen LogP contribution in [-0.4, -0.2) is 17.4 Å². The van der Waals surface area contributed by atoms with Crippen LogP contribution in [0.5, 0.6) is 0 Å². The molecule has 0 bridgehead atoms. The molecule has 1 aliphatic rings. The molecule has 16 heavy (non-hydrogen) atoms. The first-order valence-electron chi connectivity index (χ1n) is 5.23. The largest absolute Gasteiger partial charge is 0.312 e. The van der Waals surface area contributed by atoms with Gasteiger partial charge in [0, 0.05) is 30.8 Å². The fourth-order valence-electron chi connectivity index (χ4n) is 1.83. The van der Waals surface area contributed by atoms with Crippen LogP contribution in [-0.2, 0) is 4.79 Å². The second-order valence-corrected chi connectivity index (χ2v) is 3.78. The Morgan fingerprint density at radius 3 is 2.50 bits per heavy atom. The summed E-state index contributed by atoms with van der Waals surface area (Å²) in [4.78, 5) is 23.3. The molecule has 0 spiro atoms. The number of non-ortho nitro benzene ring substituents is 1. The van der Waals surface area contributed by atoms with E-state index in [4.69, 9.17) is 0 Å². The minimum Gasteiger partial charge on any atom is -0.312 e. The number of nitro benzene ring substituents is 1. The number of carbonyl (C=O) groups is 1. The van der Waals surface area contributed by atoms with E-state index in [-0.39, 0.29) is 11.6 Å². The van der Waals surface area contributed by atoms with Crippen molar-refractivity contribution in [2.75, 3.05) is 11.4 Å². The van der Waals surface area contributed by atoms with Crippen molar-refractivity contribution >= 4 is 17.3 Å². The number of carbonyl (C=O) groups excluding carboxylic acids is 1. The lowest BCUT2D eigenvalue weighted by atomic mass is 10.2. The minimum atomic E-state index is -0.443.